The molecule has 29 heavy (non-hydrogen) atoms. The molecule has 0 amide bonds. The van der Waals surface area contributed by atoms with Gasteiger partial charge in [-0.05, 0) is 54.6 Å². The first kappa shape index (κ1) is 23.6. The lowest BCUT2D eigenvalue weighted by atomic mass is 10.0. The van der Waals surface area contributed by atoms with Gasteiger partial charge in [-0.1, -0.05) is 44.5 Å². The summed E-state index contributed by atoms with van der Waals surface area (Å²) in [5.41, 5.74) is 9.24. The largest absolute Gasteiger partial charge is 0.326 e. The van der Waals surface area contributed by atoms with Crippen molar-refractivity contribution in [2.45, 2.75) is 57.4 Å². The maximum absolute atomic E-state index is 13.7. The van der Waals surface area contributed by atoms with E-state index in [9.17, 15) is 13.0 Å². The molecule has 0 heterocycles. The quantitative estimate of drug-likeness (QED) is 0.491. The molecule has 0 aliphatic heterocycles. The van der Waals surface area contributed by atoms with Crippen molar-refractivity contribution >= 4 is 10.8 Å². The van der Waals surface area contributed by atoms with Gasteiger partial charge in [0.1, 0.15) is 11.6 Å². The molecule has 6 heteroatoms. The van der Waals surface area contributed by atoms with E-state index in [4.69, 9.17) is 5.73 Å². The van der Waals surface area contributed by atoms with E-state index < -0.39 is 33.7 Å². The fraction of sp³-hybridized carbons (Fsp3) is 0.478. The molecular weight excluding hydrogens is 390 g/mol. The minimum atomic E-state index is -1.29. The third-order valence-electron chi connectivity index (χ3n) is 4.97. The van der Waals surface area contributed by atoms with Crippen LogP contribution in [0.4, 0.5) is 8.78 Å². The Morgan fingerprint density at radius 3 is 2.41 bits per heavy atom. The molecule has 2 aromatic rings. The van der Waals surface area contributed by atoms with Crippen LogP contribution in [0.25, 0.3) is 0 Å². The zero-order valence-corrected chi connectivity index (χ0v) is 18.1. The van der Waals surface area contributed by atoms with Gasteiger partial charge >= 0.3 is 0 Å². The number of benzene rings is 2. The van der Waals surface area contributed by atoms with E-state index >= 15 is 0 Å². The van der Waals surface area contributed by atoms with Crippen molar-refractivity contribution in [1.29, 1.82) is 0 Å². The van der Waals surface area contributed by atoms with Crippen LogP contribution in [0.5, 0.6) is 0 Å². The Morgan fingerprint density at radius 1 is 1.07 bits per heavy atom. The van der Waals surface area contributed by atoms with Crippen LogP contribution in [0.15, 0.2) is 42.5 Å². The minimum Gasteiger partial charge on any atom is -0.326 e. The highest BCUT2D eigenvalue weighted by Crippen LogP contribution is 2.27. The molecule has 2 aromatic carbocycles. The first-order valence-electron chi connectivity index (χ1n) is 10.3. The molecular formula is C23H32F2N2OS. The van der Waals surface area contributed by atoms with E-state index in [-0.39, 0.29) is 0 Å². The van der Waals surface area contributed by atoms with Crippen LogP contribution in [-0.4, -0.2) is 22.5 Å². The number of nitrogens with one attached hydrogen (secondary N) is 1. The summed E-state index contributed by atoms with van der Waals surface area (Å²) in [5.74, 6) is -0.859. The molecule has 3 N–H and O–H groups in total. The molecule has 2 unspecified atom stereocenters. The lowest BCUT2D eigenvalue weighted by molar-refractivity contribution is 0.533. The van der Waals surface area contributed by atoms with Gasteiger partial charge in [0.05, 0.1) is 5.25 Å². The number of nitrogens with two attached hydrogens (primary N) is 1. The van der Waals surface area contributed by atoms with E-state index in [2.05, 4.69) is 30.4 Å². The van der Waals surface area contributed by atoms with E-state index in [1.165, 1.54) is 23.3 Å². The Labute approximate surface area is 175 Å². The number of rotatable bonds is 12. The van der Waals surface area contributed by atoms with Crippen molar-refractivity contribution in [3.63, 3.8) is 0 Å². The fourth-order valence-corrected chi connectivity index (χ4v) is 5.15. The third kappa shape index (κ3) is 7.61. The van der Waals surface area contributed by atoms with Gasteiger partial charge in [-0.2, -0.15) is 0 Å². The molecule has 0 radical (unpaired) electrons. The molecule has 0 saturated heterocycles. The molecule has 3 atom stereocenters. The van der Waals surface area contributed by atoms with Crippen molar-refractivity contribution in [3.8, 4) is 0 Å². The van der Waals surface area contributed by atoms with E-state index in [1.807, 2.05) is 13.0 Å². The summed E-state index contributed by atoms with van der Waals surface area (Å²) in [6, 6.07) is 11.3. The minimum absolute atomic E-state index is 0.375. The maximum Gasteiger partial charge on any atom is 0.126 e. The molecule has 0 saturated carbocycles. The van der Waals surface area contributed by atoms with E-state index in [0.717, 1.165) is 31.9 Å². The van der Waals surface area contributed by atoms with Crippen LogP contribution in [-0.2, 0) is 23.8 Å². The topological polar surface area (TPSA) is 55.1 Å². The highest BCUT2D eigenvalue weighted by Gasteiger charge is 2.26. The molecule has 2 rings (SSSR count). The highest BCUT2D eigenvalue weighted by atomic mass is 32.2. The summed E-state index contributed by atoms with van der Waals surface area (Å²) in [7, 11) is -1.29. The Kier molecular flexibility index (Phi) is 9.91. The first-order valence-corrected chi connectivity index (χ1v) is 11.7. The van der Waals surface area contributed by atoms with E-state index in [1.54, 1.807) is 0 Å². The number of halogens is 2. The number of aryl methyl sites for hydroxylation is 1. The van der Waals surface area contributed by atoms with Crippen molar-refractivity contribution in [2.24, 2.45) is 5.73 Å². The fourth-order valence-electron chi connectivity index (χ4n) is 3.36. The van der Waals surface area contributed by atoms with Gasteiger partial charge in [0.25, 0.3) is 0 Å². The van der Waals surface area contributed by atoms with Gasteiger partial charge in [0.2, 0.25) is 0 Å². The monoisotopic (exact) mass is 422 g/mol. The second kappa shape index (κ2) is 12.2. The van der Waals surface area contributed by atoms with Gasteiger partial charge in [-0.15, -0.1) is 0 Å². The average molecular weight is 423 g/mol. The van der Waals surface area contributed by atoms with Crippen molar-refractivity contribution < 1.29 is 13.0 Å². The van der Waals surface area contributed by atoms with Crippen molar-refractivity contribution in [2.75, 3.05) is 12.3 Å². The van der Waals surface area contributed by atoms with Gasteiger partial charge < -0.3 is 11.1 Å². The summed E-state index contributed by atoms with van der Waals surface area (Å²) in [6.07, 6.45) is 3.26. The SMILES string of the molecule is CCCCS(=O)C(c1cc(F)cc(F)c1)[C@@H](N)CCNCc1cccc(CC)c1. The Morgan fingerprint density at radius 2 is 1.76 bits per heavy atom. The normalized spacial score (nSPS) is 14.5. The predicted octanol–water partition coefficient (Wildman–Crippen LogP) is 4.62. The van der Waals surface area contributed by atoms with Gasteiger partial charge in [0, 0.05) is 35.2 Å². The van der Waals surface area contributed by atoms with Crippen LogP contribution >= 0.6 is 0 Å². The third-order valence-corrected chi connectivity index (χ3v) is 6.85. The molecule has 0 aliphatic rings. The summed E-state index contributed by atoms with van der Waals surface area (Å²) < 4.78 is 40.3. The van der Waals surface area contributed by atoms with Gasteiger partial charge in [-0.3, -0.25) is 4.21 Å². The molecule has 0 bridgehead atoms. The van der Waals surface area contributed by atoms with E-state index in [0.29, 0.717) is 24.3 Å². The average Bonchev–Trinajstić information content (AvgIpc) is 2.69. The van der Waals surface area contributed by atoms with Crippen LogP contribution in [0, 0.1) is 11.6 Å². The number of hydrogen-bond acceptors (Lipinski definition) is 3. The van der Waals surface area contributed by atoms with Crippen LogP contribution in [0.2, 0.25) is 0 Å². The first-order chi connectivity index (χ1) is 13.9. The molecule has 0 spiro atoms. The lowest BCUT2D eigenvalue weighted by Gasteiger charge is -2.24. The Hall–Kier alpha value is -1.63. The number of hydrogen-bond donors (Lipinski definition) is 2. The van der Waals surface area contributed by atoms with Crippen molar-refractivity contribution in [3.05, 3.63) is 70.8 Å². The zero-order chi connectivity index (χ0) is 21.2. The summed E-state index contributed by atoms with van der Waals surface area (Å²) >= 11 is 0. The smallest absolute Gasteiger partial charge is 0.126 e. The molecule has 0 fully saturated rings. The van der Waals surface area contributed by atoms with Gasteiger partial charge in [0.15, 0.2) is 0 Å². The van der Waals surface area contributed by atoms with Crippen LogP contribution in [0.1, 0.15) is 55.1 Å². The standard InChI is InChI=1S/C23H32F2N2OS/c1-3-5-11-29(28)23(19-13-20(24)15-21(25)14-19)22(26)9-10-27-16-18-8-6-7-17(4-2)12-18/h6-8,12-15,22-23,27H,3-5,9-11,16,26H2,1-2H3/t22-,23?,29?/m0/s1. The number of unbranched alkanes of at least 4 members (excludes halogenated alkanes) is 1. The Balaban J connectivity index is 2.00. The lowest BCUT2D eigenvalue weighted by Crippen LogP contribution is -2.35. The molecule has 3 nitrogen and oxygen atoms in total. The molecule has 0 aliphatic carbocycles. The Bertz CT molecular complexity index is 780. The summed E-state index contributed by atoms with van der Waals surface area (Å²) in [5, 5.41) is 2.78. The zero-order valence-electron chi connectivity index (χ0n) is 17.3. The highest BCUT2D eigenvalue weighted by molar-refractivity contribution is 7.85. The second-order valence-electron chi connectivity index (χ2n) is 7.36. The molecule has 160 valence electrons. The molecule has 0 aromatic heterocycles. The van der Waals surface area contributed by atoms with Crippen molar-refractivity contribution in [1.82, 2.24) is 5.32 Å². The van der Waals surface area contributed by atoms with Gasteiger partial charge in [-0.25, -0.2) is 8.78 Å². The maximum atomic E-state index is 13.7. The van der Waals surface area contributed by atoms with Crippen LogP contribution in [0.3, 0.4) is 0 Å². The summed E-state index contributed by atoms with van der Waals surface area (Å²) in [4.78, 5) is 0. The predicted molar refractivity (Wildman–Crippen MR) is 117 cm³/mol. The second-order valence-corrected chi connectivity index (χ2v) is 9.04. The van der Waals surface area contributed by atoms with Crippen LogP contribution < -0.4 is 11.1 Å². The summed E-state index contributed by atoms with van der Waals surface area (Å²) in [6.45, 7) is 5.50.